The van der Waals surface area contributed by atoms with Crippen LogP contribution in [0.2, 0.25) is 0 Å². The third kappa shape index (κ3) is 3.68. The van der Waals surface area contributed by atoms with E-state index >= 15 is 0 Å². The largest absolute Gasteiger partial charge is 0.454 e. The molecule has 0 aliphatic carbocycles. The summed E-state index contributed by atoms with van der Waals surface area (Å²) < 4.78 is 26.4. The summed E-state index contributed by atoms with van der Waals surface area (Å²) in [6.45, 7) is 3.22. The van der Waals surface area contributed by atoms with Crippen LogP contribution in [0.1, 0.15) is 13.8 Å². The summed E-state index contributed by atoms with van der Waals surface area (Å²) in [5.41, 5.74) is -0.665. The molecule has 1 amide bonds. The minimum absolute atomic E-state index is 0.0104. The molecule has 0 saturated heterocycles. The Kier molecular flexibility index (Phi) is 5.07. The van der Waals surface area contributed by atoms with E-state index in [9.17, 15) is 14.0 Å². The molecule has 0 radical (unpaired) electrons. The highest BCUT2D eigenvalue weighted by atomic mass is 79.9. The fourth-order valence-corrected chi connectivity index (χ4v) is 3.32. The zero-order valence-electron chi connectivity index (χ0n) is 16.1. The molecule has 0 atom stereocenters. The molecule has 1 aromatic heterocycles. The Morgan fingerprint density at radius 3 is 2.67 bits per heavy atom. The van der Waals surface area contributed by atoms with Crippen molar-refractivity contribution in [1.82, 2.24) is 9.78 Å². The summed E-state index contributed by atoms with van der Waals surface area (Å²) in [5, 5.41) is 6.91. The number of nitrogens with one attached hydrogen (secondary N) is 1. The van der Waals surface area contributed by atoms with E-state index in [1.807, 2.05) is 0 Å². The lowest BCUT2D eigenvalue weighted by Crippen LogP contribution is -2.47. The highest BCUT2D eigenvalue weighted by Gasteiger charge is 2.33. The van der Waals surface area contributed by atoms with Crippen LogP contribution < -0.4 is 20.3 Å². The van der Waals surface area contributed by atoms with Crippen molar-refractivity contribution in [2.45, 2.75) is 19.4 Å². The third-order valence-corrected chi connectivity index (χ3v) is 5.23. The molecular formula is C21H17BrFN3O4. The quantitative estimate of drug-likeness (QED) is 0.620. The lowest BCUT2D eigenvalue weighted by molar-refractivity contribution is -0.123. The van der Waals surface area contributed by atoms with E-state index in [2.05, 4.69) is 26.3 Å². The number of benzene rings is 2. The number of fused-ring (bicyclic) bond motifs is 1. The monoisotopic (exact) mass is 473 g/mol. The van der Waals surface area contributed by atoms with Crippen molar-refractivity contribution in [2.75, 3.05) is 12.1 Å². The first-order chi connectivity index (χ1) is 14.3. The topological polar surface area (TPSA) is 82.5 Å². The highest BCUT2D eigenvalue weighted by molar-refractivity contribution is 9.10. The molecule has 0 spiro atoms. The first-order valence-electron chi connectivity index (χ1n) is 9.03. The second kappa shape index (κ2) is 7.56. The van der Waals surface area contributed by atoms with Crippen LogP contribution in [0.3, 0.4) is 0 Å². The van der Waals surface area contributed by atoms with Crippen molar-refractivity contribution in [3.05, 3.63) is 69.2 Å². The lowest BCUT2D eigenvalue weighted by Gasteiger charge is -2.25. The van der Waals surface area contributed by atoms with E-state index in [-0.39, 0.29) is 12.5 Å². The summed E-state index contributed by atoms with van der Waals surface area (Å²) in [6.07, 6.45) is 0. The number of hydrogen-bond acceptors (Lipinski definition) is 5. The van der Waals surface area contributed by atoms with Crippen molar-refractivity contribution in [3.8, 4) is 22.8 Å². The number of carbonyl (C=O) groups is 1. The summed E-state index contributed by atoms with van der Waals surface area (Å²) >= 11 is 3.17. The molecule has 2 aromatic carbocycles. The molecule has 30 heavy (non-hydrogen) atoms. The van der Waals surface area contributed by atoms with Gasteiger partial charge in [0.2, 0.25) is 6.79 Å². The van der Waals surface area contributed by atoms with Crippen molar-refractivity contribution >= 4 is 27.5 Å². The molecule has 1 N–H and O–H groups in total. The van der Waals surface area contributed by atoms with Gasteiger partial charge in [0.25, 0.3) is 11.5 Å². The Balaban J connectivity index is 1.67. The molecule has 4 rings (SSSR count). The van der Waals surface area contributed by atoms with Crippen LogP contribution in [0, 0.1) is 5.82 Å². The van der Waals surface area contributed by atoms with E-state index in [0.29, 0.717) is 27.2 Å². The van der Waals surface area contributed by atoms with Gasteiger partial charge in [0, 0.05) is 16.1 Å². The SMILES string of the molecule is CC(C)(C(=O)Nc1ccc(Br)cc1F)n1nc(-c2ccc3c(c2)OCO3)ccc1=O. The summed E-state index contributed by atoms with van der Waals surface area (Å²) in [7, 11) is 0. The van der Waals surface area contributed by atoms with Crippen LogP contribution in [0.15, 0.2) is 57.8 Å². The van der Waals surface area contributed by atoms with Gasteiger partial charge in [-0.05, 0) is 56.3 Å². The van der Waals surface area contributed by atoms with E-state index in [1.165, 1.54) is 32.0 Å². The maximum Gasteiger partial charge on any atom is 0.267 e. The number of amides is 1. The number of nitrogens with zero attached hydrogens (tertiary/aromatic N) is 2. The number of halogens is 2. The van der Waals surface area contributed by atoms with Crippen LogP contribution in [-0.4, -0.2) is 22.5 Å². The summed E-state index contributed by atoms with van der Waals surface area (Å²) in [5.74, 6) is 0.0298. The Morgan fingerprint density at radius 2 is 1.90 bits per heavy atom. The number of hydrogen-bond donors (Lipinski definition) is 1. The first-order valence-corrected chi connectivity index (χ1v) is 9.82. The van der Waals surface area contributed by atoms with Gasteiger partial charge >= 0.3 is 0 Å². The Morgan fingerprint density at radius 1 is 1.13 bits per heavy atom. The fraction of sp³-hybridized carbons (Fsp3) is 0.190. The second-order valence-corrected chi connectivity index (χ2v) is 8.09. The number of aromatic nitrogens is 2. The third-order valence-electron chi connectivity index (χ3n) is 4.73. The normalized spacial score (nSPS) is 12.7. The van der Waals surface area contributed by atoms with Gasteiger partial charge in [-0.3, -0.25) is 9.59 Å². The molecule has 1 aliphatic rings. The van der Waals surface area contributed by atoms with Crippen molar-refractivity contribution in [2.24, 2.45) is 0 Å². The lowest BCUT2D eigenvalue weighted by atomic mass is 10.0. The Hall–Kier alpha value is -3.20. The fourth-order valence-electron chi connectivity index (χ4n) is 2.98. The zero-order valence-corrected chi connectivity index (χ0v) is 17.7. The van der Waals surface area contributed by atoms with Crippen molar-refractivity contribution in [1.29, 1.82) is 0 Å². The van der Waals surface area contributed by atoms with Gasteiger partial charge in [0.05, 0.1) is 11.4 Å². The molecule has 7 nitrogen and oxygen atoms in total. The number of ether oxygens (including phenoxy) is 2. The van der Waals surface area contributed by atoms with Gasteiger partial charge in [0.15, 0.2) is 11.5 Å². The molecule has 0 bridgehead atoms. The van der Waals surface area contributed by atoms with Crippen molar-refractivity contribution < 1.29 is 18.7 Å². The van der Waals surface area contributed by atoms with E-state index in [0.717, 1.165) is 4.68 Å². The van der Waals surface area contributed by atoms with E-state index in [4.69, 9.17) is 9.47 Å². The molecule has 0 unspecified atom stereocenters. The van der Waals surface area contributed by atoms with Gasteiger partial charge in [0.1, 0.15) is 11.4 Å². The predicted octanol–water partition coefficient (Wildman–Crippen LogP) is 3.91. The molecule has 0 fully saturated rings. The summed E-state index contributed by atoms with van der Waals surface area (Å²) in [4.78, 5) is 25.4. The van der Waals surface area contributed by atoms with Crippen LogP contribution in [0.25, 0.3) is 11.3 Å². The molecule has 3 aromatic rings. The smallest absolute Gasteiger partial charge is 0.267 e. The van der Waals surface area contributed by atoms with Gasteiger partial charge < -0.3 is 14.8 Å². The predicted molar refractivity (Wildman–Crippen MR) is 112 cm³/mol. The Bertz CT molecular complexity index is 1210. The molecule has 9 heteroatoms. The minimum atomic E-state index is -1.39. The van der Waals surface area contributed by atoms with Gasteiger partial charge in [-0.1, -0.05) is 15.9 Å². The van der Waals surface area contributed by atoms with E-state index < -0.39 is 22.8 Å². The number of anilines is 1. The average Bonchev–Trinajstić information content (AvgIpc) is 3.18. The van der Waals surface area contributed by atoms with Gasteiger partial charge in [-0.15, -0.1) is 0 Å². The van der Waals surface area contributed by atoms with Crippen LogP contribution in [-0.2, 0) is 10.3 Å². The second-order valence-electron chi connectivity index (χ2n) is 7.17. The van der Waals surface area contributed by atoms with Gasteiger partial charge in [-0.2, -0.15) is 5.10 Å². The Labute approximate surface area is 179 Å². The molecular weight excluding hydrogens is 457 g/mol. The number of carbonyl (C=O) groups excluding carboxylic acids is 1. The molecule has 1 aliphatic heterocycles. The standard InChI is InChI=1S/C21H17BrFN3O4/c1-21(2,20(28)24-16-5-4-13(22)10-14(16)23)26-19(27)8-6-15(25-26)12-3-7-17-18(9-12)30-11-29-17/h3-10H,11H2,1-2H3,(H,24,28). The van der Waals surface area contributed by atoms with Gasteiger partial charge in [-0.25, -0.2) is 9.07 Å². The van der Waals surface area contributed by atoms with Crippen LogP contribution in [0.5, 0.6) is 11.5 Å². The maximum absolute atomic E-state index is 14.1. The van der Waals surface area contributed by atoms with E-state index in [1.54, 1.807) is 30.3 Å². The minimum Gasteiger partial charge on any atom is -0.454 e. The van der Waals surface area contributed by atoms with Crippen molar-refractivity contribution in [3.63, 3.8) is 0 Å². The maximum atomic E-state index is 14.1. The summed E-state index contributed by atoms with van der Waals surface area (Å²) in [6, 6.07) is 12.5. The molecule has 0 saturated carbocycles. The zero-order chi connectivity index (χ0) is 21.5. The molecule has 154 valence electrons. The average molecular weight is 474 g/mol. The van der Waals surface area contributed by atoms with Crippen LogP contribution >= 0.6 is 15.9 Å². The highest BCUT2D eigenvalue weighted by Crippen LogP contribution is 2.35. The first kappa shape index (κ1) is 20.1. The molecule has 2 heterocycles. The van der Waals surface area contributed by atoms with Crippen LogP contribution in [0.4, 0.5) is 10.1 Å². The number of rotatable bonds is 4.